The summed E-state index contributed by atoms with van der Waals surface area (Å²) < 4.78 is 12.8. The fraction of sp³-hybridized carbons (Fsp3) is 0.0714. The zero-order chi connectivity index (χ0) is 23.6. The molecular formula is C28H23BrN2O3. The Morgan fingerprint density at radius 3 is 2.38 bits per heavy atom. The van der Waals surface area contributed by atoms with Crippen LogP contribution < -0.4 is 14.9 Å². The third-order valence-electron chi connectivity index (χ3n) is 4.90. The molecule has 0 heterocycles. The zero-order valence-corrected chi connectivity index (χ0v) is 19.9. The van der Waals surface area contributed by atoms with E-state index in [1.165, 1.54) is 0 Å². The van der Waals surface area contributed by atoms with Crippen molar-refractivity contribution in [1.82, 2.24) is 5.43 Å². The minimum Gasteiger partial charge on any atom is -0.489 e. The number of hydrogen-bond acceptors (Lipinski definition) is 4. The second kappa shape index (κ2) is 11.8. The molecule has 1 amide bonds. The van der Waals surface area contributed by atoms with E-state index in [1.807, 2.05) is 84.9 Å². The molecule has 0 atom stereocenters. The fourth-order valence-corrected chi connectivity index (χ4v) is 3.67. The number of nitrogens with zero attached hydrogens (tertiary/aromatic N) is 1. The molecule has 6 heteroatoms. The van der Waals surface area contributed by atoms with Gasteiger partial charge in [-0.05, 0) is 53.1 Å². The molecule has 0 radical (unpaired) electrons. The van der Waals surface area contributed by atoms with Crippen molar-refractivity contribution in [2.24, 2.45) is 5.10 Å². The lowest BCUT2D eigenvalue weighted by Gasteiger charge is -2.10. The van der Waals surface area contributed by atoms with E-state index in [1.54, 1.807) is 24.4 Å². The van der Waals surface area contributed by atoms with Crippen LogP contribution >= 0.6 is 15.9 Å². The first kappa shape index (κ1) is 23.3. The van der Waals surface area contributed by atoms with Crippen LogP contribution in [-0.4, -0.2) is 12.1 Å². The molecule has 0 spiro atoms. The first-order chi connectivity index (χ1) is 16.7. The predicted molar refractivity (Wildman–Crippen MR) is 137 cm³/mol. The molecule has 0 unspecified atom stereocenters. The highest BCUT2D eigenvalue weighted by molar-refractivity contribution is 9.10. The summed E-state index contributed by atoms with van der Waals surface area (Å²) in [7, 11) is 0. The molecule has 4 rings (SSSR count). The lowest BCUT2D eigenvalue weighted by Crippen LogP contribution is -2.18. The van der Waals surface area contributed by atoms with Gasteiger partial charge < -0.3 is 9.47 Å². The van der Waals surface area contributed by atoms with Gasteiger partial charge in [-0.2, -0.15) is 5.10 Å². The van der Waals surface area contributed by atoms with Crippen LogP contribution in [0.2, 0.25) is 0 Å². The summed E-state index contributed by atoms with van der Waals surface area (Å²) in [5.41, 5.74) is 5.89. The first-order valence-corrected chi connectivity index (χ1v) is 11.5. The van der Waals surface area contributed by atoms with Crippen molar-refractivity contribution in [2.45, 2.75) is 13.2 Å². The Balaban J connectivity index is 1.34. The van der Waals surface area contributed by atoms with Crippen LogP contribution in [0.1, 0.15) is 27.0 Å². The average Bonchev–Trinajstić information content (AvgIpc) is 2.87. The number of halogens is 1. The topological polar surface area (TPSA) is 59.9 Å². The predicted octanol–water partition coefficient (Wildman–Crippen LogP) is 6.37. The van der Waals surface area contributed by atoms with Crippen LogP contribution in [0.3, 0.4) is 0 Å². The number of carbonyl (C=O) groups is 1. The van der Waals surface area contributed by atoms with E-state index in [-0.39, 0.29) is 5.91 Å². The van der Waals surface area contributed by atoms with Gasteiger partial charge in [0.05, 0.1) is 11.8 Å². The minimum atomic E-state index is -0.345. The Morgan fingerprint density at radius 1 is 0.794 bits per heavy atom. The van der Waals surface area contributed by atoms with Crippen molar-refractivity contribution in [3.8, 4) is 11.5 Å². The number of para-hydroxylation sites is 1. The number of benzene rings is 4. The van der Waals surface area contributed by atoms with Gasteiger partial charge in [-0.15, -0.1) is 0 Å². The van der Waals surface area contributed by atoms with Crippen molar-refractivity contribution in [3.05, 3.63) is 130 Å². The van der Waals surface area contributed by atoms with E-state index >= 15 is 0 Å². The maximum atomic E-state index is 12.7. The molecule has 0 fully saturated rings. The molecule has 4 aromatic rings. The van der Waals surface area contributed by atoms with Gasteiger partial charge in [0.15, 0.2) is 0 Å². The monoisotopic (exact) mass is 514 g/mol. The number of nitrogens with one attached hydrogen (secondary N) is 1. The molecule has 1 N–H and O–H groups in total. The van der Waals surface area contributed by atoms with E-state index < -0.39 is 0 Å². The Bertz CT molecular complexity index is 1280. The van der Waals surface area contributed by atoms with Crippen LogP contribution in [0, 0.1) is 0 Å². The second-order valence-corrected chi connectivity index (χ2v) is 8.38. The molecule has 0 aliphatic rings. The maximum Gasteiger partial charge on any atom is 0.275 e. The number of ether oxygens (including phenoxy) is 2. The van der Waals surface area contributed by atoms with Crippen LogP contribution in [0.5, 0.6) is 11.5 Å². The van der Waals surface area contributed by atoms with Crippen LogP contribution in [0.15, 0.2) is 113 Å². The van der Waals surface area contributed by atoms with Gasteiger partial charge in [0.25, 0.3) is 5.91 Å². The smallest absolute Gasteiger partial charge is 0.275 e. The van der Waals surface area contributed by atoms with E-state index in [0.717, 1.165) is 26.9 Å². The van der Waals surface area contributed by atoms with E-state index in [0.29, 0.717) is 24.5 Å². The number of hydrogen-bond donors (Lipinski definition) is 1. The number of rotatable bonds is 9. The molecule has 0 aliphatic carbocycles. The molecule has 5 nitrogen and oxygen atoms in total. The first-order valence-electron chi connectivity index (χ1n) is 10.7. The van der Waals surface area contributed by atoms with Crippen LogP contribution in [0.4, 0.5) is 0 Å². The minimum absolute atomic E-state index is 0.345. The molecular weight excluding hydrogens is 492 g/mol. The average molecular weight is 515 g/mol. The molecule has 4 aromatic carbocycles. The molecule has 0 saturated heterocycles. The van der Waals surface area contributed by atoms with E-state index in [4.69, 9.17) is 9.47 Å². The van der Waals surface area contributed by atoms with E-state index in [9.17, 15) is 4.79 Å². The lowest BCUT2D eigenvalue weighted by molar-refractivity contribution is 0.0950. The summed E-state index contributed by atoms with van der Waals surface area (Å²) in [6.45, 7) is 0.831. The Kier molecular flexibility index (Phi) is 8.08. The van der Waals surface area contributed by atoms with E-state index in [2.05, 4.69) is 26.5 Å². The Morgan fingerprint density at radius 2 is 1.53 bits per heavy atom. The van der Waals surface area contributed by atoms with Gasteiger partial charge in [-0.3, -0.25) is 4.79 Å². The van der Waals surface area contributed by atoms with Gasteiger partial charge in [0, 0.05) is 4.47 Å². The third kappa shape index (κ3) is 6.80. The largest absolute Gasteiger partial charge is 0.489 e. The molecule has 0 bridgehead atoms. The van der Waals surface area contributed by atoms with Crippen molar-refractivity contribution in [3.63, 3.8) is 0 Å². The van der Waals surface area contributed by atoms with Crippen LogP contribution in [-0.2, 0) is 13.2 Å². The fourth-order valence-electron chi connectivity index (χ4n) is 3.22. The van der Waals surface area contributed by atoms with Gasteiger partial charge >= 0.3 is 0 Å². The highest BCUT2D eigenvalue weighted by atomic mass is 79.9. The number of carbonyl (C=O) groups excluding carboxylic acids is 1. The maximum absolute atomic E-state index is 12.7. The number of hydrazone groups is 1. The molecule has 0 aromatic heterocycles. The lowest BCUT2D eigenvalue weighted by atomic mass is 10.2. The summed E-state index contributed by atoms with van der Waals surface area (Å²) in [5.74, 6) is 0.874. The number of amides is 1. The van der Waals surface area contributed by atoms with Crippen molar-refractivity contribution >= 4 is 28.1 Å². The summed E-state index contributed by atoms with van der Waals surface area (Å²) in [6.07, 6.45) is 1.58. The SMILES string of the molecule is O=C(N/N=C\c1cccc(OCc2cccc(Br)c2)c1)c1ccccc1OCc1ccccc1. The van der Waals surface area contributed by atoms with Gasteiger partial charge in [0.1, 0.15) is 24.7 Å². The summed E-state index contributed by atoms with van der Waals surface area (Å²) in [6, 6.07) is 32.4. The van der Waals surface area contributed by atoms with Crippen molar-refractivity contribution in [1.29, 1.82) is 0 Å². The normalized spacial score (nSPS) is 10.7. The second-order valence-electron chi connectivity index (χ2n) is 7.46. The van der Waals surface area contributed by atoms with Gasteiger partial charge in [-0.1, -0.05) is 82.7 Å². The van der Waals surface area contributed by atoms with Crippen molar-refractivity contribution in [2.75, 3.05) is 0 Å². The van der Waals surface area contributed by atoms with Gasteiger partial charge in [-0.25, -0.2) is 5.43 Å². The van der Waals surface area contributed by atoms with Gasteiger partial charge in [0.2, 0.25) is 0 Å². The quantitative estimate of drug-likeness (QED) is 0.208. The summed E-state index contributed by atoms with van der Waals surface area (Å²) in [5, 5.41) is 4.11. The molecule has 0 aliphatic heterocycles. The highest BCUT2D eigenvalue weighted by Crippen LogP contribution is 2.20. The Labute approximate surface area is 207 Å². The van der Waals surface area contributed by atoms with Crippen LogP contribution in [0.25, 0.3) is 0 Å². The zero-order valence-electron chi connectivity index (χ0n) is 18.4. The molecule has 0 saturated carbocycles. The third-order valence-corrected chi connectivity index (χ3v) is 5.39. The summed E-state index contributed by atoms with van der Waals surface area (Å²) >= 11 is 3.47. The van der Waals surface area contributed by atoms with Crippen molar-refractivity contribution < 1.29 is 14.3 Å². The molecule has 170 valence electrons. The Hall–Kier alpha value is -3.90. The highest BCUT2D eigenvalue weighted by Gasteiger charge is 2.11. The standard InChI is InChI=1S/C28H23BrN2O3/c29-24-12-6-11-23(16-24)20-33-25-13-7-10-22(17-25)18-30-31-28(32)26-14-4-5-15-27(26)34-19-21-8-2-1-3-9-21/h1-18H,19-20H2,(H,31,32)/b30-18-. The molecule has 34 heavy (non-hydrogen) atoms. The summed E-state index contributed by atoms with van der Waals surface area (Å²) in [4.78, 5) is 12.7.